The lowest BCUT2D eigenvalue weighted by atomic mass is 9.83. The van der Waals surface area contributed by atoms with Crippen LogP contribution in [0.3, 0.4) is 0 Å². The van der Waals surface area contributed by atoms with Gasteiger partial charge in [-0.25, -0.2) is 0 Å². The highest BCUT2D eigenvalue weighted by Gasteiger charge is 2.42. The molecular weight excluding hydrogens is 244 g/mol. The smallest absolute Gasteiger partial charge is 0.328 e. The second-order valence-corrected chi connectivity index (χ2v) is 4.26. The van der Waals surface area contributed by atoms with Gasteiger partial charge in [0.2, 0.25) is 5.41 Å². The molecule has 4 nitrogen and oxygen atoms in total. The van der Waals surface area contributed by atoms with Crippen LogP contribution in [0.5, 0.6) is 0 Å². The Balaban J connectivity index is 2.59. The fourth-order valence-corrected chi connectivity index (χ4v) is 1.91. The highest BCUT2D eigenvalue weighted by molar-refractivity contribution is 6.04. The molecule has 0 aliphatic heterocycles. The molecule has 1 aliphatic rings. The van der Waals surface area contributed by atoms with Crippen molar-refractivity contribution in [3.8, 4) is 0 Å². The summed E-state index contributed by atoms with van der Waals surface area (Å²) < 4.78 is 0. The molecule has 0 radical (unpaired) electrons. The summed E-state index contributed by atoms with van der Waals surface area (Å²) in [5.74, 6) is -2.82. The third-order valence-corrected chi connectivity index (χ3v) is 3.09. The van der Waals surface area contributed by atoms with Gasteiger partial charge in [-0.15, -0.1) is 0 Å². The summed E-state index contributed by atoms with van der Waals surface area (Å²) in [6, 6.07) is 7.37. The van der Waals surface area contributed by atoms with E-state index >= 15 is 0 Å². The number of aliphatic carboxylic acids is 2. The molecule has 0 unspecified atom stereocenters. The van der Waals surface area contributed by atoms with Gasteiger partial charge in [-0.05, 0) is 16.0 Å². The molecule has 1 aromatic carbocycles. The van der Waals surface area contributed by atoms with Crippen LogP contribution in [0.15, 0.2) is 48.6 Å². The molecule has 1 aromatic rings. The van der Waals surface area contributed by atoms with E-state index in [1.165, 1.54) is 24.3 Å². The van der Waals surface area contributed by atoms with Crippen molar-refractivity contribution in [1.29, 1.82) is 0 Å². The third kappa shape index (κ3) is 2.08. The molecule has 0 atom stereocenters. The summed E-state index contributed by atoms with van der Waals surface area (Å²) in [6.45, 7) is 3.88. The van der Waals surface area contributed by atoms with Crippen LogP contribution in [-0.4, -0.2) is 22.2 Å². The lowest BCUT2D eigenvalue weighted by molar-refractivity contribution is -0.157. The molecule has 0 aromatic heterocycles. The highest BCUT2D eigenvalue weighted by atomic mass is 16.4. The van der Waals surface area contributed by atoms with Gasteiger partial charge in [0.25, 0.3) is 0 Å². The third-order valence-electron chi connectivity index (χ3n) is 3.09. The van der Waals surface area contributed by atoms with Crippen LogP contribution in [0.1, 0.15) is 0 Å². The molecule has 0 fully saturated rings. The molecule has 0 bridgehead atoms. The summed E-state index contributed by atoms with van der Waals surface area (Å²) in [5, 5.41) is 19.8. The normalized spacial score (nSPS) is 16.3. The number of carboxylic acid groups (broad SMARTS) is 2. The van der Waals surface area contributed by atoms with Crippen molar-refractivity contribution >= 4 is 24.1 Å². The summed E-state index contributed by atoms with van der Waals surface area (Å²) >= 11 is 0. The minimum absolute atomic E-state index is 0.740. The van der Waals surface area contributed by atoms with Crippen LogP contribution in [0, 0.1) is 5.41 Å². The second-order valence-electron chi connectivity index (χ2n) is 4.26. The van der Waals surface area contributed by atoms with E-state index in [4.69, 9.17) is 10.2 Å². The maximum absolute atomic E-state index is 11.1. The van der Waals surface area contributed by atoms with Gasteiger partial charge < -0.3 is 10.2 Å². The number of hydrogen-bond donors (Lipinski definition) is 2. The van der Waals surface area contributed by atoms with E-state index in [0.29, 0.717) is 0 Å². The summed E-state index contributed by atoms with van der Waals surface area (Å²) in [7, 11) is 0. The Hall–Kier alpha value is -2.62. The Morgan fingerprint density at radius 1 is 1.00 bits per heavy atom. The lowest BCUT2D eigenvalue weighted by Crippen LogP contribution is -2.37. The standard InChI is InChI=1S/C15H12O4/c1-10-4-2-3-5-12(10)11-6-8-15(9-7-11,13(16)17)14(18)19/h2-9H,1H2,(H,16,17)(H,18,19). The van der Waals surface area contributed by atoms with E-state index in [0.717, 1.165) is 16.0 Å². The van der Waals surface area contributed by atoms with Gasteiger partial charge in [0.15, 0.2) is 0 Å². The number of rotatable bonds is 2. The molecule has 2 rings (SSSR count). The molecular formula is C15H12O4. The lowest BCUT2D eigenvalue weighted by Gasteiger charge is -2.19. The minimum Gasteiger partial charge on any atom is -0.480 e. The van der Waals surface area contributed by atoms with E-state index in [1.54, 1.807) is 0 Å². The topological polar surface area (TPSA) is 74.6 Å². The average molecular weight is 256 g/mol. The van der Waals surface area contributed by atoms with Crippen LogP contribution in [0.25, 0.3) is 12.2 Å². The van der Waals surface area contributed by atoms with E-state index < -0.39 is 17.4 Å². The van der Waals surface area contributed by atoms with Gasteiger partial charge in [0.1, 0.15) is 0 Å². The first kappa shape index (κ1) is 12.8. The summed E-state index contributed by atoms with van der Waals surface area (Å²) in [6.07, 6.45) is 5.37. The molecule has 4 heteroatoms. The van der Waals surface area contributed by atoms with Crippen molar-refractivity contribution in [3.05, 3.63) is 59.0 Å². The maximum Gasteiger partial charge on any atom is 0.328 e. The van der Waals surface area contributed by atoms with E-state index in [1.807, 2.05) is 24.3 Å². The number of carbonyl (C=O) groups is 2. The second kappa shape index (κ2) is 4.57. The predicted octanol–water partition coefficient (Wildman–Crippen LogP) is 0.529. The monoisotopic (exact) mass is 256 g/mol. The van der Waals surface area contributed by atoms with Gasteiger partial charge in [0.05, 0.1) is 0 Å². The fraction of sp³-hybridized carbons (Fsp3) is 0.0667. The van der Waals surface area contributed by atoms with Crippen LogP contribution < -0.4 is 10.4 Å². The summed E-state index contributed by atoms with van der Waals surface area (Å²) in [5.41, 5.74) is -1.25. The largest absolute Gasteiger partial charge is 0.480 e. The van der Waals surface area contributed by atoms with Crippen molar-refractivity contribution in [2.45, 2.75) is 0 Å². The molecule has 96 valence electrons. The molecule has 0 saturated carbocycles. The molecule has 0 heterocycles. The van der Waals surface area contributed by atoms with Crippen LogP contribution in [-0.2, 0) is 9.59 Å². The Kier molecular flexibility index (Phi) is 3.09. The van der Waals surface area contributed by atoms with Gasteiger partial charge in [-0.1, -0.05) is 55.1 Å². The maximum atomic E-state index is 11.1. The molecule has 0 saturated heterocycles. The molecule has 19 heavy (non-hydrogen) atoms. The summed E-state index contributed by atoms with van der Waals surface area (Å²) in [4.78, 5) is 22.2. The van der Waals surface area contributed by atoms with Gasteiger partial charge >= 0.3 is 11.9 Å². The first-order valence-corrected chi connectivity index (χ1v) is 5.61. The van der Waals surface area contributed by atoms with Crippen molar-refractivity contribution in [3.63, 3.8) is 0 Å². The van der Waals surface area contributed by atoms with E-state index in [2.05, 4.69) is 6.58 Å². The van der Waals surface area contributed by atoms with Gasteiger partial charge in [0, 0.05) is 0 Å². The first-order chi connectivity index (χ1) is 8.97. The Morgan fingerprint density at radius 3 is 2.00 bits per heavy atom. The van der Waals surface area contributed by atoms with Crippen LogP contribution >= 0.6 is 0 Å². The fourth-order valence-electron chi connectivity index (χ4n) is 1.91. The number of allylic oxidation sites excluding steroid dienone is 2. The molecule has 0 amide bonds. The zero-order valence-corrected chi connectivity index (χ0v) is 10.0. The van der Waals surface area contributed by atoms with Gasteiger partial charge in [-0.2, -0.15) is 0 Å². The molecule has 2 N–H and O–H groups in total. The number of hydrogen-bond acceptors (Lipinski definition) is 2. The van der Waals surface area contributed by atoms with E-state index in [9.17, 15) is 9.59 Å². The first-order valence-electron chi connectivity index (χ1n) is 5.61. The molecule has 1 aliphatic carbocycles. The highest BCUT2D eigenvalue weighted by Crippen LogP contribution is 2.27. The number of benzene rings is 1. The quantitative estimate of drug-likeness (QED) is 0.757. The molecule has 0 spiro atoms. The van der Waals surface area contributed by atoms with Crippen molar-refractivity contribution in [1.82, 2.24) is 0 Å². The Labute approximate surface area is 109 Å². The van der Waals surface area contributed by atoms with E-state index in [-0.39, 0.29) is 0 Å². The van der Waals surface area contributed by atoms with Crippen LogP contribution in [0.4, 0.5) is 0 Å². The van der Waals surface area contributed by atoms with Crippen molar-refractivity contribution in [2.75, 3.05) is 0 Å². The minimum atomic E-state index is -1.99. The van der Waals surface area contributed by atoms with Crippen molar-refractivity contribution < 1.29 is 19.8 Å². The van der Waals surface area contributed by atoms with Gasteiger partial charge in [-0.3, -0.25) is 9.59 Å². The zero-order valence-electron chi connectivity index (χ0n) is 10.0. The number of carboxylic acids is 2. The Bertz CT molecular complexity index is 678. The van der Waals surface area contributed by atoms with Crippen molar-refractivity contribution in [2.24, 2.45) is 5.41 Å². The zero-order chi connectivity index (χ0) is 14.0. The average Bonchev–Trinajstić information content (AvgIpc) is 2.39. The van der Waals surface area contributed by atoms with Crippen LogP contribution in [0.2, 0.25) is 0 Å². The predicted molar refractivity (Wildman–Crippen MR) is 70.6 cm³/mol. The SMILES string of the molecule is C=c1ccccc1=C1C=CC(C(=O)O)(C(=O)O)C=C1. The Morgan fingerprint density at radius 2 is 1.53 bits per heavy atom.